The predicted molar refractivity (Wildman–Crippen MR) is 110 cm³/mol. The number of hydrogen-bond acceptors (Lipinski definition) is 5. The molecule has 0 saturated carbocycles. The Labute approximate surface area is 170 Å². The second-order valence-corrected chi connectivity index (χ2v) is 8.52. The van der Waals surface area contributed by atoms with E-state index in [0.717, 1.165) is 21.1 Å². The van der Waals surface area contributed by atoms with E-state index in [4.69, 9.17) is 9.47 Å². The second kappa shape index (κ2) is 8.78. The Morgan fingerprint density at radius 1 is 1.11 bits per heavy atom. The number of likely N-dealkylation sites (tertiary alicyclic amines) is 1. The van der Waals surface area contributed by atoms with Crippen LogP contribution in [0, 0.1) is 12.3 Å². The molecule has 1 aliphatic heterocycles. The average Bonchev–Trinajstić information content (AvgIpc) is 3.15. The molecule has 1 aromatic heterocycles. The van der Waals surface area contributed by atoms with Crippen LogP contribution in [0.4, 0.5) is 0 Å². The fourth-order valence-electron chi connectivity index (χ4n) is 3.71. The van der Waals surface area contributed by atoms with Crippen molar-refractivity contribution in [2.24, 2.45) is 5.41 Å². The SMILES string of the molecule is CCOC(=O)C1(Cc2ccc(OC)cc2)CCN(C(=O)c2ccc(C)s2)CC1. The molecule has 3 rings (SSSR count). The molecule has 2 heterocycles. The minimum atomic E-state index is -0.591. The molecule has 1 saturated heterocycles. The number of aryl methyl sites for hydroxylation is 1. The normalized spacial score (nSPS) is 15.9. The van der Waals surface area contributed by atoms with Crippen LogP contribution in [0.2, 0.25) is 0 Å². The fraction of sp³-hybridized carbons (Fsp3) is 0.455. The molecule has 1 aromatic carbocycles. The molecule has 1 fully saturated rings. The molecule has 0 spiro atoms. The summed E-state index contributed by atoms with van der Waals surface area (Å²) in [6, 6.07) is 11.6. The molecule has 0 aliphatic carbocycles. The number of piperidine rings is 1. The van der Waals surface area contributed by atoms with E-state index in [1.165, 1.54) is 11.3 Å². The van der Waals surface area contributed by atoms with Crippen LogP contribution in [-0.4, -0.2) is 43.6 Å². The molecular formula is C22H27NO4S. The molecule has 1 amide bonds. The van der Waals surface area contributed by atoms with Crippen LogP contribution >= 0.6 is 11.3 Å². The van der Waals surface area contributed by atoms with E-state index < -0.39 is 5.41 Å². The van der Waals surface area contributed by atoms with Gasteiger partial charge in [-0.2, -0.15) is 0 Å². The largest absolute Gasteiger partial charge is 0.497 e. The lowest BCUT2D eigenvalue weighted by Gasteiger charge is -2.40. The van der Waals surface area contributed by atoms with Crippen molar-refractivity contribution in [2.75, 3.05) is 26.8 Å². The Morgan fingerprint density at radius 3 is 2.32 bits per heavy atom. The zero-order chi connectivity index (χ0) is 20.1. The van der Waals surface area contributed by atoms with Crippen molar-refractivity contribution >= 4 is 23.2 Å². The van der Waals surface area contributed by atoms with Crippen molar-refractivity contribution in [3.05, 3.63) is 51.7 Å². The first-order valence-corrected chi connectivity index (χ1v) is 10.4. The van der Waals surface area contributed by atoms with Gasteiger partial charge in [0.05, 0.1) is 24.0 Å². The molecular weight excluding hydrogens is 374 g/mol. The number of carbonyl (C=O) groups excluding carboxylic acids is 2. The van der Waals surface area contributed by atoms with Crippen LogP contribution < -0.4 is 4.74 Å². The van der Waals surface area contributed by atoms with Gasteiger partial charge in [0.2, 0.25) is 0 Å². The van der Waals surface area contributed by atoms with Crippen LogP contribution in [0.15, 0.2) is 36.4 Å². The van der Waals surface area contributed by atoms with Gasteiger partial charge in [-0.15, -0.1) is 11.3 Å². The summed E-state index contributed by atoms with van der Waals surface area (Å²) in [5, 5.41) is 0. The minimum Gasteiger partial charge on any atom is -0.497 e. The number of rotatable bonds is 6. The van der Waals surface area contributed by atoms with Crippen LogP contribution in [-0.2, 0) is 16.0 Å². The zero-order valence-corrected chi connectivity index (χ0v) is 17.5. The lowest BCUT2D eigenvalue weighted by molar-refractivity contribution is -0.158. The number of nitrogens with zero attached hydrogens (tertiary/aromatic N) is 1. The summed E-state index contributed by atoms with van der Waals surface area (Å²) in [5.41, 5.74) is 0.481. The summed E-state index contributed by atoms with van der Waals surface area (Å²) in [5.74, 6) is 0.686. The number of hydrogen-bond donors (Lipinski definition) is 0. The Kier molecular flexibility index (Phi) is 6.39. The molecule has 5 nitrogen and oxygen atoms in total. The van der Waals surface area contributed by atoms with Crippen molar-refractivity contribution in [3.63, 3.8) is 0 Å². The van der Waals surface area contributed by atoms with E-state index in [1.807, 2.05) is 55.1 Å². The summed E-state index contributed by atoms with van der Waals surface area (Å²) >= 11 is 1.52. The Morgan fingerprint density at radius 2 is 1.79 bits per heavy atom. The van der Waals surface area contributed by atoms with Gasteiger partial charge in [0.25, 0.3) is 5.91 Å². The third-order valence-corrected chi connectivity index (χ3v) is 6.36. The van der Waals surface area contributed by atoms with Crippen molar-refractivity contribution in [1.29, 1.82) is 0 Å². The molecule has 0 radical (unpaired) electrons. The van der Waals surface area contributed by atoms with Crippen molar-refractivity contribution < 1.29 is 19.1 Å². The van der Waals surface area contributed by atoms with Gasteiger partial charge < -0.3 is 14.4 Å². The molecule has 150 valence electrons. The van der Waals surface area contributed by atoms with E-state index in [9.17, 15) is 9.59 Å². The molecule has 28 heavy (non-hydrogen) atoms. The van der Waals surface area contributed by atoms with Crippen molar-refractivity contribution in [3.8, 4) is 5.75 Å². The Balaban J connectivity index is 1.74. The highest BCUT2D eigenvalue weighted by Gasteiger charge is 2.43. The number of benzene rings is 1. The van der Waals surface area contributed by atoms with Gasteiger partial charge in [0, 0.05) is 18.0 Å². The third-order valence-electron chi connectivity index (χ3n) is 5.37. The highest BCUT2D eigenvalue weighted by Crippen LogP contribution is 2.37. The number of amides is 1. The smallest absolute Gasteiger partial charge is 0.312 e. The maximum Gasteiger partial charge on any atom is 0.312 e. The average molecular weight is 402 g/mol. The number of thiophene rings is 1. The summed E-state index contributed by atoms with van der Waals surface area (Å²) in [6.07, 6.45) is 1.82. The van der Waals surface area contributed by atoms with E-state index in [1.54, 1.807) is 7.11 Å². The summed E-state index contributed by atoms with van der Waals surface area (Å²) in [6.45, 7) is 5.31. The quantitative estimate of drug-likeness (QED) is 0.684. The second-order valence-electron chi connectivity index (χ2n) is 7.23. The number of esters is 1. The number of carbonyl (C=O) groups is 2. The molecule has 1 aliphatic rings. The van der Waals surface area contributed by atoms with Gasteiger partial charge in [-0.05, 0) is 62.9 Å². The highest BCUT2D eigenvalue weighted by atomic mass is 32.1. The van der Waals surface area contributed by atoms with Gasteiger partial charge in [0.1, 0.15) is 5.75 Å². The Bertz CT molecular complexity index is 819. The van der Waals surface area contributed by atoms with E-state index in [0.29, 0.717) is 39.0 Å². The number of methoxy groups -OCH3 is 1. The maximum absolute atomic E-state index is 12.8. The first-order valence-electron chi connectivity index (χ1n) is 9.63. The van der Waals surface area contributed by atoms with Crippen LogP contribution in [0.25, 0.3) is 0 Å². The first-order chi connectivity index (χ1) is 13.5. The zero-order valence-electron chi connectivity index (χ0n) is 16.7. The molecule has 0 unspecified atom stereocenters. The van der Waals surface area contributed by atoms with Crippen molar-refractivity contribution in [1.82, 2.24) is 4.90 Å². The standard InChI is InChI=1S/C22H27NO4S/c1-4-27-21(25)22(15-17-6-8-18(26-3)9-7-17)11-13-23(14-12-22)20(24)19-10-5-16(2)28-19/h5-10H,4,11-15H2,1-3H3. The van der Waals surface area contributed by atoms with Gasteiger partial charge >= 0.3 is 5.97 Å². The van der Waals surface area contributed by atoms with E-state index >= 15 is 0 Å². The molecule has 0 bridgehead atoms. The van der Waals surface area contributed by atoms with Crippen LogP contribution in [0.5, 0.6) is 5.75 Å². The van der Waals surface area contributed by atoms with Crippen molar-refractivity contribution in [2.45, 2.75) is 33.1 Å². The third kappa shape index (κ3) is 4.38. The molecule has 6 heteroatoms. The summed E-state index contributed by atoms with van der Waals surface area (Å²) < 4.78 is 10.6. The summed E-state index contributed by atoms with van der Waals surface area (Å²) in [7, 11) is 1.64. The minimum absolute atomic E-state index is 0.0556. The van der Waals surface area contributed by atoms with Gasteiger partial charge in [-0.25, -0.2) is 0 Å². The van der Waals surface area contributed by atoms with Crippen LogP contribution in [0.3, 0.4) is 0 Å². The summed E-state index contributed by atoms with van der Waals surface area (Å²) in [4.78, 5) is 29.3. The number of ether oxygens (including phenoxy) is 2. The lowest BCUT2D eigenvalue weighted by atomic mass is 9.73. The monoisotopic (exact) mass is 401 g/mol. The maximum atomic E-state index is 12.8. The van der Waals surface area contributed by atoms with Gasteiger partial charge in [0.15, 0.2) is 0 Å². The van der Waals surface area contributed by atoms with Crippen LogP contribution in [0.1, 0.15) is 39.9 Å². The fourth-order valence-corrected chi connectivity index (χ4v) is 4.55. The van der Waals surface area contributed by atoms with Gasteiger partial charge in [-0.1, -0.05) is 12.1 Å². The van der Waals surface area contributed by atoms with E-state index in [2.05, 4.69) is 0 Å². The molecule has 0 N–H and O–H groups in total. The molecule has 2 aromatic rings. The highest BCUT2D eigenvalue weighted by molar-refractivity contribution is 7.13. The topological polar surface area (TPSA) is 55.8 Å². The Hall–Kier alpha value is -2.34. The first kappa shape index (κ1) is 20.4. The predicted octanol–water partition coefficient (Wildman–Crippen LogP) is 4.09. The molecule has 0 atom stereocenters. The lowest BCUT2D eigenvalue weighted by Crippen LogP contribution is -2.48. The van der Waals surface area contributed by atoms with E-state index in [-0.39, 0.29) is 11.9 Å². The van der Waals surface area contributed by atoms with Gasteiger partial charge in [-0.3, -0.25) is 9.59 Å².